The quantitative estimate of drug-likeness (QED) is 0.581. The van der Waals surface area contributed by atoms with E-state index in [0.717, 1.165) is 25.2 Å². The van der Waals surface area contributed by atoms with Gasteiger partial charge in [0.15, 0.2) is 0 Å². The van der Waals surface area contributed by atoms with Gasteiger partial charge in [-0.15, -0.1) is 0 Å². The molecule has 2 N–H and O–H groups in total. The lowest BCUT2D eigenvalue weighted by Gasteiger charge is -2.45. The lowest BCUT2D eigenvalue weighted by molar-refractivity contribution is -0.384. The van der Waals surface area contributed by atoms with Crippen LogP contribution in [0.5, 0.6) is 0 Å². The summed E-state index contributed by atoms with van der Waals surface area (Å²) in [6.07, 6.45) is 0.472. The smallest absolute Gasteiger partial charge is 0.292 e. The first-order chi connectivity index (χ1) is 11.7. The van der Waals surface area contributed by atoms with Gasteiger partial charge in [-0.1, -0.05) is 6.07 Å². The molecule has 0 radical (unpaired) electrons. The molecule has 1 aliphatic rings. The molecule has 0 spiro atoms. The molecule has 2 rings (SSSR count). The molecule has 0 bridgehead atoms. The van der Waals surface area contributed by atoms with E-state index in [4.69, 9.17) is 4.74 Å². The van der Waals surface area contributed by atoms with Crippen molar-refractivity contribution in [3.63, 3.8) is 0 Å². The SMILES string of the molecule is CNc1ccc(CNCC(C)(C)N2CC(C)OC(C)C2)cc1[N+](=O)[O-]. The summed E-state index contributed by atoms with van der Waals surface area (Å²) in [5.41, 5.74) is 1.54. The van der Waals surface area contributed by atoms with E-state index in [1.807, 2.05) is 6.07 Å². The van der Waals surface area contributed by atoms with Gasteiger partial charge in [-0.05, 0) is 39.3 Å². The molecule has 25 heavy (non-hydrogen) atoms. The molecule has 7 nitrogen and oxygen atoms in total. The molecule has 2 unspecified atom stereocenters. The van der Waals surface area contributed by atoms with Crippen molar-refractivity contribution in [3.05, 3.63) is 33.9 Å². The maximum Gasteiger partial charge on any atom is 0.292 e. The largest absolute Gasteiger partial charge is 0.383 e. The average molecular weight is 350 g/mol. The van der Waals surface area contributed by atoms with Crippen LogP contribution in [-0.2, 0) is 11.3 Å². The van der Waals surface area contributed by atoms with Gasteiger partial charge in [0.05, 0.1) is 17.1 Å². The second-order valence-electron chi connectivity index (χ2n) is 7.44. The number of anilines is 1. The standard InChI is InChI=1S/C18H30N4O3/c1-13-10-21(11-14(2)25-13)18(3,4)12-20-9-15-6-7-16(19-5)17(8-15)22(23)24/h6-8,13-14,19-20H,9-12H2,1-5H3. The van der Waals surface area contributed by atoms with Crippen molar-refractivity contribution in [3.8, 4) is 0 Å². The third-order valence-corrected chi connectivity index (χ3v) is 4.69. The summed E-state index contributed by atoms with van der Waals surface area (Å²) in [7, 11) is 1.69. The Morgan fingerprint density at radius 1 is 1.32 bits per heavy atom. The van der Waals surface area contributed by atoms with Crippen LogP contribution in [0.2, 0.25) is 0 Å². The van der Waals surface area contributed by atoms with Crippen molar-refractivity contribution in [1.29, 1.82) is 0 Å². The Morgan fingerprint density at radius 3 is 2.52 bits per heavy atom. The summed E-state index contributed by atoms with van der Waals surface area (Å²) in [5, 5.41) is 17.5. The van der Waals surface area contributed by atoms with Crippen LogP contribution in [0.25, 0.3) is 0 Å². The fourth-order valence-electron chi connectivity index (χ4n) is 3.35. The number of hydrogen-bond donors (Lipinski definition) is 2. The van der Waals surface area contributed by atoms with E-state index >= 15 is 0 Å². The highest BCUT2D eigenvalue weighted by molar-refractivity contribution is 5.62. The number of nitro groups is 1. The van der Waals surface area contributed by atoms with Crippen molar-refractivity contribution in [1.82, 2.24) is 10.2 Å². The van der Waals surface area contributed by atoms with Crippen molar-refractivity contribution >= 4 is 11.4 Å². The average Bonchev–Trinajstić information content (AvgIpc) is 2.53. The maximum atomic E-state index is 11.2. The van der Waals surface area contributed by atoms with Gasteiger partial charge >= 0.3 is 0 Å². The predicted octanol–water partition coefficient (Wildman–Crippen LogP) is 2.61. The molecule has 0 aromatic heterocycles. The van der Waals surface area contributed by atoms with E-state index in [2.05, 4.69) is 43.2 Å². The molecular weight excluding hydrogens is 320 g/mol. The molecule has 0 saturated carbocycles. The van der Waals surface area contributed by atoms with E-state index in [-0.39, 0.29) is 28.4 Å². The van der Waals surface area contributed by atoms with Crippen LogP contribution in [0.1, 0.15) is 33.3 Å². The molecule has 1 aliphatic heterocycles. The highest BCUT2D eigenvalue weighted by Crippen LogP contribution is 2.25. The monoisotopic (exact) mass is 350 g/mol. The van der Waals surface area contributed by atoms with Crippen LogP contribution in [-0.4, -0.2) is 54.3 Å². The van der Waals surface area contributed by atoms with Crippen LogP contribution in [0.4, 0.5) is 11.4 Å². The number of rotatable bonds is 7. The van der Waals surface area contributed by atoms with E-state index in [9.17, 15) is 10.1 Å². The molecular formula is C18H30N4O3. The summed E-state index contributed by atoms with van der Waals surface area (Å²) < 4.78 is 5.81. The zero-order chi connectivity index (χ0) is 18.6. The predicted molar refractivity (Wildman–Crippen MR) is 100 cm³/mol. The topological polar surface area (TPSA) is 79.7 Å². The van der Waals surface area contributed by atoms with Gasteiger partial charge in [0.2, 0.25) is 0 Å². The van der Waals surface area contributed by atoms with Gasteiger partial charge in [-0.3, -0.25) is 15.0 Å². The van der Waals surface area contributed by atoms with Crippen LogP contribution in [0, 0.1) is 10.1 Å². The first-order valence-electron chi connectivity index (χ1n) is 8.79. The molecule has 1 saturated heterocycles. The van der Waals surface area contributed by atoms with Crippen LogP contribution in [0.3, 0.4) is 0 Å². The van der Waals surface area contributed by atoms with Crippen molar-refractivity contribution < 1.29 is 9.66 Å². The highest BCUT2D eigenvalue weighted by Gasteiger charge is 2.32. The summed E-state index contributed by atoms with van der Waals surface area (Å²) in [5.74, 6) is 0. The lowest BCUT2D eigenvalue weighted by Crippen LogP contribution is -2.58. The molecule has 1 aromatic rings. The molecule has 1 fully saturated rings. The number of benzene rings is 1. The van der Waals surface area contributed by atoms with Crippen LogP contribution in [0.15, 0.2) is 18.2 Å². The Bertz CT molecular complexity index is 596. The van der Waals surface area contributed by atoms with E-state index in [1.165, 1.54) is 0 Å². The van der Waals surface area contributed by atoms with E-state index in [0.29, 0.717) is 12.2 Å². The third kappa shape index (κ3) is 5.14. The van der Waals surface area contributed by atoms with Crippen LogP contribution >= 0.6 is 0 Å². The Morgan fingerprint density at radius 2 is 1.96 bits per heavy atom. The number of ether oxygens (including phenoxy) is 1. The van der Waals surface area contributed by atoms with Gasteiger partial charge in [0.1, 0.15) is 5.69 Å². The number of nitrogens with one attached hydrogen (secondary N) is 2. The molecule has 7 heteroatoms. The van der Waals surface area contributed by atoms with Gasteiger partial charge < -0.3 is 15.4 Å². The summed E-state index contributed by atoms with van der Waals surface area (Å²) >= 11 is 0. The number of nitrogens with zero attached hydrogens (tertiary/aromatic N) is 2. The zero-order valence-electron chi connectivity index (χ0n) is 15.8. The lowest BCUT2D eigenvalue weighted by atomic mass is 10.00. The second-order valence-corrected chi connectivity index (χ2v) is 7.44. The van der Waals surface area contributed by atoms with Crippen LogP contribution < -0.4 is 10.6 Å². The Labute approximate surface area is 149 Å². The first kappa shape index (κ1) is 19.6. The minimum absolute atomic E-state index is 0.0108. The molecule has 1 heterocycles. The second kappa shape index (κ2) is 8.12. The normalized spacial score (nSPS) is 22.0. The fraction of sp³-hybridized carbons (Fsp3) is 0.667. The van der Waals surface area contributed by atoms with Gasteiger partial charge in [0.25, 0.3) is 5.69 Å². The minimum atomic E-state index is -0.351. The zero-order valence-corrected chi connectivity index (χ0v) is 15.8. The third-order valence-electron chi connectivity index (χ3n) is 4.69. The Hall–Kier alpha value is -1.70. The number of nitro benzene ring substituents is 1. The minimum Gasteiger partial charge on any atom is -0.383 e. The summed E-state index contributed by atoms with van der Waals surface area (Å²) in [4.78, 5) is 13.3. The van der Waals surface area contributed by atoms with Gasteiger partial charge in [0, 0.05) is 44.8 Å². The van der Waals surface area contributed by atoms with Crippen molar-refractivity contribution in [2.24, 2.45) is 0 Å². The first-order valence-corrected chi connectivity index (χ1v) is 8.79. The summed E-state index contributed by atoms with van der Waals surface area (Å²) in [6, 6.07) is 5.30. The molecule has 140 valence electrons. The summed E-state index contributed by atoms with van der Waals surface area (Å²) in [6.45, 7) is 11.9. The maximum absolute atomic E-state index is 11.2. The van der Waals surface area contributed by atoms with E-state index < -0.39 is 0 Å². The fourth-order valence-corrected chi connectivity index (χ4v) is 3.35. The Balaban J connectivity index is 1.95. The molecule has 2 atom stereocenters. The van der Waals surface area contributed by atoms with Crippen molar-refractivity contribution in [2.45, 2.75) is 52.0 Å². The molecule has 0 aliphatic carbocycles. The van der Waals surface area contributed by atoms with Crippen molar-refractivity contribution in [2.75, 3.05) is 32.0 Å². The Kier molecular flexibility index (Phi) is 6.37. The molecule has 0 amide bonds. The highest BCUT2D eigenvalue weighted by atomic mass is 16.6. The van der Waals surface area contributed by atoms with Gasteiger partial charge in [-0.25, -0.2) is 0 Å². The number of morpholine rings is 1. The van der Waals surface area contributed by atoms with E-state index in [1.54, 1.807) is 19.2 Å². The van der Waals surface area contributed by atoms with Gasteiger partial charge in [-0.2, -0.15) is 0 Å². The molecule has 1 aromatic carbocycles. The number of hydrogen-bond acceptors (Lipinski definition) is 6.